The van der Waals surface area contributed by atoms with E-state index in [1.807, 2.05) is 13.8 Å². The molecule has 84 valence electrons. The van der Waals surface area contributed by atoms with Gasteiger partial charge in [0.2, 0.25) is 0 Å². The van der Waals surface area contributed by atoms with Gasteiger partial charge in [-0.05, 0) is 30.2 Å². The molecule has 5 nitrogen and oxygen atoms in total. The minimum Gasteiger partial charge on any atom is -0.384 e. The fourth-order valence-corrected chi connectivity index (χ4v) is 2.83. The third-order valence-electron chi connectivity index (χ3n) is 1.79. The minimum absolute atomic E-state index is 0.482. The normalized spacial score (nSPS) is 10.6. The highest BCUT2D eigenvalue weighted by atomic mass is 32.2. The van der Waals surface area contributed by atoms with Crippen LogP contribution in [0.15, 0.2) is 15.4 Å². The van der Waals surface area contributed by atoms with Crippen LogP contribution in [0.5, 0.6) is 0 Å². The number of anilines is 1. The Bertz CT molecular complexity index is 476. The number of nitrogen functional groups attached to an aromatic ring is 1. The van der Waals surface area contributed by atoms with E-state index in [0.29, 0.717) is 11.6 Å². The zero-order valence-corrected chi connectivity index (χ0v) is 10.6. The molecule has 0 radical (unpaired) electrons. The largest absolute Gasteiger partial charge is 0.384 e. The van der Waals surface area contributed by atoms with E-state index in [1.54, 1.807) is 6.07 Å². The fourth-order valence-electron chi connectivity index (χ4n) is 1.13. The molecule has 0 saturated heterocycles. The Hall–Kier alpha value is -1.21. The third-order valence-corrected chi connectivity index (χ3v) is 3.50. The summed E-state index contributed by atoms with van der Waals surface area (Å²) in [6.45, 7) is 3.85. The van der Waals surface area contributed by atoms with Crippen molar-refractivity contribution in [3.63, 3.8) is 0 Å². The fraction of sp³-hybridized carbons (Fsp3) is 0.333. The van der Waals surface area contributed by atoms with Crippen molar-refractivity contribution in [2.45, 2.75) is 29.6 Å². The maximum atomic E-state index is 5.65. The molecule has 2 aromatic rings. The Balaban J connectivity index is 2.19. The molecule has 0 aromatic carbocycles. The second-order valence-corrected chi connectivity index (χ2v) is 5.13. The van der Waals surface area contributed by atoms with Crippen molar-refractivity contribution in [1.29, 1.82) is 0 Å². The molecule has 2 aromatic heterocycles. The predicted octanol–water partition coefficient (Wildman–Crippen LogP) is 1.93. The molecule has 0 unspecified atom stereocenters. The summed E-state index contributed by atoms with van der Waals surface area (Å²) < 4.78 is 5.09. The van der Waals surface area contributed by atoms with Gasteiger partial charge in [-0.25, -0.2) is 15.0 Å². The highest BCUT2D eigenvalue weighted by molar-refractivity contribution is 8.00. The molecule has 0 bridgehead atoms. The second-order valence-electron chi connectivity index (χ2n) is 3.11. The van der Waals surface area contributed by atoms with Crippen LogP contribution in [0.3, 0.4) is 0 Å². The Morgan fingerprint density at radius 1 is 1.38 bits per heavy atom. The summed E-state index contributed by atoms with van der Waals surface area (Å²) in [7, 11) is 0. The van der Waals surface area contributed by atoms with Crippen LogP contribution in [0.1, 0.15) is 18.6 Å². The molecule has 0 aliphatic rings. The molecule has 2 rings (SSSR count). The molecule has 2 heterocycles. The van der Waals surface area contributed by atoms with Gasteiger partial charge in [0.15, 0.2) is 4.34 Å². The van der Waals surface area contributed by atoms with Crippen LogP contribution >= 0.6 is 23.3 Å². The quantitative estimate of drug-likeness (QED) is 0.842. The molecule has 2 N–H and O–H groups in total. The van der Waals surface area contributed by atoms with Crippen molar-refractivity contribution < 1.29 is 0 Å². The number of rotatable bonds is 3. The monoisotopic (exact) mass is 253 g/mol. The van der Waals surface area contributed by atoms with Gasteiger partial charge < -0.3 is 5.73 Å². The Kier molecular flexibility index (Phi) is 3.35. The SMILES string of the molecule is CCc1nsc(Sc2cc(N)nc(C)n2)n1. The first-order valence-corrected chi connectivity index (χ1v) is 6.38. The van der Waals surface area contributed by atoms with Gasteiger partial charge in [-0.1, -0.05) is 6.92 Å². The highest BCUT2D eigenvalue weighted by Gasteiger charge is 2.07. The molecular weight excluding hydrogens is 242 g/mol. The van der Waals surface area contributed by atoms with Gasteiger partial charge in [-0.3, -0.25) is 0 Å². The van der Waals surface area contributed by atoms with E-state index in [0.717, 1.165) is 21.6 Å². The van der Waals surface area contributed by atoms with Crippen molar-refractivity contribution in [2.75, 3.05) is 5.73 Å². The predicted molar refractivity (Wildman–Crippen MR) is 64.6 cm³/mol. The van der Waals surface area contributed by atoms with Crippen molar-refractivity contribution >= 4 is 29.1 Å². The third kappa shape index (κ3) is 2.67. The lowest BCUT2D eigenvalue weighted by atomic mass is 10.5. The van der Waals surface area contributed by atoms with Gasteiger partial charge in [-0.2, -0.15) is 4.37 Å². The van der Waals surface area contributed by atoms with Gasteiger partial charge in [0.05, 0.1) is 0 Å². The molecule has 0 aliphatic carbocycles. The summed E-state index contributed by atoms with van der Waals surface area (Å²) in [5, 5.41) is 0.809. The van der Waals surface area contributed by atoms with E-state index in [2.05, 4.69) is 19.3 Å². The maximum absolute atomic E-state index is 5.65. The van der Waals surface area contributed by atoms with Crippen LogP contribution in [0, 0.1) is 6.92 Å². The van der Waals surface area contributed by atoms with Crippen LogP contribution in [0.2, 0.25) is 0 Å². The van der Waals surface area contributed by atoms with Crippen LogP contribution < -0.4 is 5.73 Å². The average molecular weight is 253 g/mol. The van der Waals surface area contributed by atoms with E-state index >= 15 is 0 Å². The number of hydrogen-bond donors (Lipinski definition) is 1. The zero-order valence-electron chi connectivity index (χ0n) is 8.97. The molecule has 16 heavy (non-hydrogen) atoms. The molecular formula is C9H11N5S2. The van der Waals surface area contributed by atoms with Crippen LogP contribution in [0.25, 0.3) is 0 Å². The summed E-state index contributed by atoms with van der Waals surface area (Å²) in [5.41, 5.74) is 5.65. The zero-order chi connectivity index (χ0) is 11.5. The second kappa shape index (κ2) is 4.75. The average Bonchev–Trinajstić information content (AvgIpc) is 2.64. The smallest absolute Gasteiger partial charge is 0.176 e. The van der Waals surface area contributed by atoms with E-state index in [4.69, 9.17) is 5.73 Å². The lowest BCUT2D eigenvalue weighted by Gasteiger charge is -1.99. The molecule has 7 heteroatoms. The van der Waals surface area contributed by atoms with Crippen molar-refractivity contribution in [3.8, 4) is 0 Å². The standard InChI is InChI=1S/C9H11N5S2/c1-3-7-13-9(16-14-7)15-8-4-6(10)11-5(2)12-8/h4H,3H2,1-2H3,(H2,10,11,12). The van der Waals surface area contributed by atoms with Crippen molar-refractivity contribution in [1.82, 2.24) is 19.3 Å². The first-order valence-electron chi connectivity index (χ1n) is 4.79. The van der Waals surface area contributed by atoms with Crippen LogP contribution in [-0.4, -0.2) is 19.3 Å². The lowest BCUT2D eigenvalue weighted by Crippen LogP contribution is -1.96. The minimum atomic E-state index is 0.482. The number of aryl methyl sites for hydroxylation is 2. The first-order chi connectivity index (χ1) is 7.67. The summed E-state index contributed by atoms with van der Waals surface area (Å²) in [6, 6.07) is 1.74. The number of nitrogens with two attached hydrogens (primary N) is 1. The highest BCUT2D eigenvalue weighted by Crippen LogP contribution is 2.28. The van der Waals surface area contributed by atoms with Gasteiger partial charge in [0, 0.05) is 12.5 Å². The molecule has 0 spiro atoms. The van der Waals surface area contributed by atoms with Gasteiger partial charge in [-0.15, -0.1) is 0 Å². The van der Waals surface area contributed by atoms with E-state index in [-0.39, 0.29) is 0 Å². The lowest BCUT2D eigenvalue weighted by molar-refractivity contribution is 0.959. The van der Waals surface area contributed by atoms with E-state index < -0.39 is 0 Å². The molecule has 0 amide bonds. The molecule has 0 fully saturated rings. The summed E-state index contributed by atoms with van der Waals surface area (Å²) in [4.78, 5) is 12.6. The van der Waals surface area contributed by atoms with Crippen molar-refractivity contribution in [3.05, 3.63) is 17.7 Å². The summed E-state index contributed by atoms with van der Waals surface area (Å²) >= 11 is 2.85. The molecule has 0 saturated carbocycles. The number of aromatic nitrogens is 4. The summed E-state index contributed by atoms with van der Waals surface area (Å²) in [6.07, 6.45) is 0.849. The number of hydrogen-bond acceptors (Lipinski definition) is 7. The van der Waals surface area contributed by atoms with Gasteiger partial charge in [0.25, 0.3) is 0 Å². The topological polar surface area (TPSA) is 77.6 Å². The van der Waals surface area contributed by atoms with E-state index in [1.165, 1.54) is 23.3 Å². The van der Waals surface area contributed by atoms with Gasteiger partial charge in [0.1, 0.15) is 22.5 Å². The van der Waals surface area contributed by atoms with Crippen LogP contribution in [-0.2, 0) is 6.42 Å². The summed E-state index contributed by atoms with van der Waals surface area (Å²) in [5.74, 6) is 2.02. The number of nitrogens with zero attached hydrogens (tertiary/aromatic N) is 4. The maximum Gasteiger partial charge on any atom is 0.176 e. The van der Waals surface area contributed by atoms with E-state index in [9.17, 15) is 0 Å². The van der Waals surface area contributed by atoms with Crippen LogP contribution in [0.4, 0.5) is 5.82 Å². The Morgan fingerprint density at radius 2 is 2.19 bits per heavy atom. The molecule has 0 atom stereocenters. The van der Waals surface area contributed by atoms with Crippen molar-refractivity contribution in [2.24, 2.45) is 0 Å². The molecule has 0 aliphatic heterocycles. The Labute approximate surface area is 102 Å². The van der Waals surface area contributed by atoms with Gasteiger partial charge >= 0.3 is 0 Å². The first kappa shape index (κ1) is 11.3. The Morgan fingerprint density at radius 3 is 2.81 bits per heavy atom.